The summed E-state index contributed by atoms with van der Waals surface area (Å²) in [6.45, 7) is 1.46. The fourth-order valence-corrected chi connectivity index (χ4v) is 1.86. The zero-order valence-electron chi connectivity index (χ0n) is 9.39. The number of phenols is 1. The summed E-state index contributed by atoms with van der Waals surface area (Å²) in [6, 6.07) is 7.28. The van der Waals surface area contributed by atoms with Crippen molar-refractivity contribution in [3.05, 3.63) is 29.8 Å². The van der Waals surface area contributed by atoms with Crippen molar-refractivity contribution < 1.29 is 14.6 Å². The van der Waals surface area contributed by atoms with Crippen LogP contribution in [0, 0.1) is 0 Å². The molecule has 1 saturated heterocycles. The van der Waals surface area contributed by atoms with Crippen LogP contribution in [0.3, 0.4) is 0 Å². The Morgan fingerprint density at radius 1 is 1.38 bits per heavy atom. The Balaban J connectivity index is 1.71. The summed E-state index contributed by atoms with van der Waals surface area (Å²) in [4.78, 5) is 0. The van der Waals surface area contributed by atoms with Crippen LogP contribution in [0.5, 0.6) is 5.75 Å². The molecule has 16 heavy (non-hydrogen) atoms. The molecular weight excluding hydrogens is 204 g/mol. The molecule has 2 rings (SSSR count). The van der Waals surface area contributed by atoms with Crippen LogP contribution >= 0.6 is 0 Å². The summed E-state index contributed by atoms with van der Waals surface area (Å²) in [6.07, 6.45) is 4.13. The number of phenolic OH excluding ortho intramolecular Hbond substituents is 1. The Kier molecular flexibility index (Phi) is 4.19. The van der Waals surface area contributed by atoms with E-state index in [2.05, 4.69) is 0 Å². The van der Waals surface area contributed by atoms with Crippen LogP contribution in [0.2, 0.25) is 0 Å². The molecule has 0 radical (unpaired) electrons. The van der Waals surface area contributed by atoms with Gasteiger partial charge in [0.15, 0.2) is 6.29 Å². The summed E-state index contributed by atoms with van der Waals surface area (Å²) >= 11 is 0. The van der Waals surface area contributed by atoms with Gasteiger partial charge in [0.25, 0.3) is 0 Å². The van der Waals surface area contributed by atoms with Gasteiger partial charge in [-0.05, 0) is 43.4 Å². The summed E-state index contributed by atoms with van der Waals surface area (Å²) in [5.41, 5.74) is 1.09. The summed E-state index contributed by atoms with van der Waals surface area (Å²) in [5, 5.41) is 9.30. The largest absolute Gasteiger partial charge is 0.508 e. The van der Waals surface area contributed by atoms with Gasteiger partial charge in [0.1, 0.15) is 5.75 Å². The molecule has 0 spiro atoms. The van der Waals surface area contributed by atoms with Crippen LogP contribution < -0.4 is 0 Å². The first-order chi connectivity index (χ1) is 7.84. The van der Waals surface area contributed by atoms with E-state index in [0.717, 1.165) is 31.4 Å². The maximum atomic E-state index is 9.30. The molecule has 0 amide bonds. The SMILES string of the molecule is Oc1cccc(CCOC2CCCCO2)c1. The average molecular weight is 222 g/mol. The fraction of sp³-hybridized carbons (Fsp3) is 0.538. The predicted octanol–water partition coefficient (Wildman–Crippen LogP) is 2.48. The van der Waals surface area contributed by atoms with Gasteiger partial charge < -0.3 is 14.6 Å². The first kappa shape index (κ1) is 11.4. The second-order valence-electron chi connectivity index (χ2n) is 4.09. The van der Waals surface area contributed by atoms with Gasteiger partial charge in [-0.25, -0.2) is 0 Å². The minimum atomic E-state index is -0.0222. The van der Waals surface area contributed by atoms with E-state index in [9.17, 15) is 5.11 Å². The maximum Gasteiger partial charge on any atom is 0.157 e. The predicted molar refractivity (Wildman–Crippen MR) is 61.4 cm³/mol. The first-order valence-electron chi connectivity index (χ1n) is 5.86. The molecule has 1 aromatic rings. The Morgan fingerprint density at radius 2 is 2.31 bits per heavy atom. The Labute approximate surface area is 96.0 Å². The third-order valence-corrected chi connectivity index (χ3v) is 2.74. The Morgan fingerprint density at radius 3 is 3.06 bits per heavy atom. The Bertz CT molecular complexity index is 319. The van der Waals surface area contributed by atoms with Crippen molar-refractivity contribution >= 4 is 0 Å². The lowest BCUT2D eigenvalue weighted by molar-refractivity contribution is -0.161. The quantitative estimate of drug-likeness (QED) is 0.850. The normalized spacial score (nSPS) is 20.9. The van der Waals surface area contributed by atoms with Crippen molar-refractivity contribution in [3.8, 4) is 5.75 Å². The van der Waals surface area contributed by atoms with Gasteiger partial charge in [-0.1, -0.05) is 12.1 Å². The maximum absolute atomic E-state index is 9.30. The molecule has 1 heterocycles. The lowest BCUT2D eigenvalue weighted by atomic mass is 10.1. The second-order valence-corrected chi connectivity index (χ2v) is 4.09. The first-order valence-corrected chi connectivity index (χ1v) is 5.86. The molecule has 3 nitrogen and oxygen atoms in total. The van der Waals surface area contributed by atoms with Gasteiger partial charge in [-0.2, -0.15) is 0 Å². The van der Waals surface area contributed by atoms with E-state index in [-0.39, 0.29) is 6.29 Å². The third-order valence-electron chi connectivity index (χ3n) is 2.74. The van der Waals surface area contributed by atoms with Crippen molar-refractivity contribution in [1.82, 2.24) is 0 Å². The zero-order chi connectivity index (χ0) is 11.2. The number of hydrogen-bond acceptors (Lipinski definition) is 3. The van der Waals surface area contributed by atoms with E-state index in [1.165, 1.54) is 6.42 Å². The van der Waals surface area contributed by atoms with Gasteiger partial charge in [0.2, 0.25) is 0 Å². The van der Waals surface area contributed by atoms with E-state index in [1.807, 2.05) is 12.1 Å². The van der Waals surface area contributed by atoms with Crippen LogP contribution in [0.1, 0.15) is 24.8 Å². The second kappa shape index (κ2) is 5.87. The van der Waals surface area contributed by atoms with Crippen molar-refractivity contribution in [2.45, 2.75) is 32.0 Å². The van der Waals surface area contributed by atoms with Crippen molar-refractivity contribution in [2.24, 2.45) is 0 Å². The van der Waals surface area contributed by atoms with Crippen LogP contribution in [-0.2, 0) is 15.9 Å². The van der Waals surface area contributed by atoms with E-state index >= 15 is 0 Å². The highest BCUT2D eigenvalue weighted by Crippen LogP contribution is 2.15. The van der Waals surface area contributed by atoms with E-state index < -0.39 is 0 Å². The lowest BCUT2D eigenvalue weighted by Gasteiger charge is -2.22. The minimum absolute atomic E-state index is 0.0222. The van der Waals surface area contributed by atoms with Gasteiger partial charge in [-0.15, -0.1) is 0 Å². The van der Waals surface area contributed by atoms with Gasteiger partial charge in [0, 0.05) is 6.61 Å². The van der Waals surface area contributed by atoms with Crippen molar-refractivity contribution in [3.63, 3.8) is 0 Å². The smallest absolute Gasteiger partial charge is 0.157 e. The lowest BCUT2D eigenvalue weighted by Crippen LogP contribution is -2.23. The molecule has 0 aliphatic carbocycles. The fourth-order valence-electron chi connectivity index (χ4n) is 1.86. The number of rotatable bonds is 4. The number of hydrogen-bond donors (Lipinski definition) is 1. The highest BCUT2D eigenvalue weighted by atomic mass is 16.7. The summed E-state index contributed by atoms with van der Waals surface area (Å²) < 4.78 is 11.1. The monoisotopic (exact) mass is 222 g/mol. The number of ether oxygens (including phenoxy) is 2. The molecule has 0 aromatic heterocycles. The average Bonchev–Trinajstić information content (AvgIpc) is 2.30. The molecule has 88 valence electrons. The summed E-state index contributed by atoms with van der Waals surface area (Å²) in [5.74, 6) is 0.311. The highest BCUT2D eigenvalue weighted by Gasteiger charge is 2.13. The standard InChI is InChI=1S/C13H18O3/c14-12-5-3-4-11(10-12)7-9-16-13-6-1-2-8-15-13/h3-5,10,13-14H,1-2,6-9H2. The topological polar surface area (TPSA) is 38.7 Å². The number of aromatic hydroxyl groups is 1. The van der Waals surface area contributed by atoms with E-state index in [0.29, 0.717) is 12.4 Å². The third kappa shape index (κ3) is 3.51. The molecule has 1 N–H and O–H groups in total. The molecular formula is C13H18O3. The van der Waals surface area contributed by atoms with Crippen LogP contribution in [0.15, 0.2) is 24.3 Å². The molecule has 1 aliphatic heterocycles. The van der Waals surface area contributed by atoms with Crippen LogP contribution in [0.25, 0.3) is 0 Å². The van der Waals surface area contributed by atoms with Gasteiger partial charge in [-0.3, -0.25) is 0 Å². The van der Waals surface area contributed by atoms with Crippen LogP contribution in [-0.4, -0.2) is 24.6 Å². The van der Waals surface area contributed by atoms with E-state index in [1.54, 1.807) is 12.1 Å². The van der Waals surface area contributed by atoms with Crippen molar-refractivity contribution in [2.75, 3.05) is 13.2 Å². The van der Waals surface area contributed by atoms with E-state index in [4.69, 9.17) is 9.47 Å². The molecule has 0 bridgehead atoms. The van der Waals surface area contributed by atoms with Gasteiger partial charge >= 0.3 is 0 Å². The molecule has 3 heteroatoms. The van der Waals surface area contributed by atoms with Crippen LogP contribution in [0.4, 0.5) is 0 Å². The zero-order valence-corrected chi connectivity index (χ0v) is 9.39. The molecule has 1 unspecified atom stereocenters. The van der Waals surface area contributed by atoms with Gasteiger partial charge in [0.05, 0.1) is 6.61 Å². The number of benzene rings is 1. The minimum Gasteiger partial charge on any atom is -0.508 e. The molecule has 1 fully saturated rings. The molecule has 1 atom stereocenters. The molecule has 1 aliphatic rings. The molecule has 0 saturated carbocycles. The summed E-state index contributed by atoms with van der Waals surface area (Å²) in [7, 11) is 0. The van der Waals surface area contributed by atoms with Crippen molar-refractivity contribution in [1.29, 1.82) is 0 Å². The highest BCUT2D eigenvalue weighted by molar-refractivity contribution is 5.27. The molecule has 1 aromatic carbocycles. The Hall–Kier alpha value is -1.06.